The molecule has 5 atom stereocenters. The molecule has 3 aliphatic rings. The number of aryl methyl sites for hydroxylation is 1. The highest BCUT2D eigenvalue weighted by atomic mass is 19.4. The van der Waals surface area contributed by atoms with Gasteiger partial charge in [-0.2, -0.15) is 26.3 Å². The van der Waals surface area contributed by atoms with Gasteiger partial charge in [-0.3, -0.25) is 4.79 Å². The van der Waals surface area contributed by atoms with Gasteiger partial charge in [0.2, 0.25) is 0 Å². The SMILES string of the molecule is Cc1ccccc1C1C(OC(C)c2cc(C(F)(F)F)cc(C(F)(F)F)c2)OCC2CN(C3=CC(=O)CC3)C[C@H]21. The average molecular weight is 554 g/mol. The van der Waals surface area contributed by atoms with Crippen molar-refractivity contribution in [3.63, 3.8) is 0 Å². The van der Waals surface area contributed by atoms with Crippen LogP contribution in [0.1, 0.15) is 59.6 Å². The molecular weight excluding hydrogens is 524 g/mol. The zero-order valence-corrected chi connectivity index (χ0v) is 21.5. The molecule has 10 heteroatoms. The summed E-state index contributed by atoms with van der Waals surface area (Å²) in [4.78, 5) is 14.0. The quantitative estimate of drug-likeness (QED) is 0.372. The molecule has 0 saturated carbocycles. The third-order valence-electron chi connectivity index (χ3n) is 8.05. The minimum absolute atomic E-state index is 0.0564. The number of nitrogens with zero attached hydrogens (tertiary/aromatic N) is 1. The molecule has 210 valence electrons. The van der Waals surface area contributed by atoms with Crippen molar-refractivity contribution in [2.24, 2.45) is 11.8 Å². The fourth-order valence-electron chi connectivity index (χ4n) is 6.02. The van der Waals surface area contributed by atoms with Crippen molar-refractivity contribution < 1.29 is 40.6 Å². The summed E-state index contributed by atoms with van der Waals surface area (Å²) in [5, 5.41) is 0. The minimum Gasteiger partial charge on any atom is -0.374 e. The average Bonchev–Trinajstić information content (AvgIpc) is 3.49. The molecule has 39 heavy (non-hydrogen) atoms. The van der Waals surface area contributed by atoms with Crippen LogP contribution in [0.2, 0.25) is 0 Å². The second kappa shape index (κ2) is 10.3. The number of ether oxygens (including phenoxy) is 2. The first-order valence-electron chi connectivity index (χ1n) is 12.9. The van der Waals surface area contributed by atoms with E-state index < -0.39 is 35.9 Å². The van der Waals surface area contributed by atoms with E-state index in [-0.39, 0.29) is 35.2 Å². The molecule has 2 heterocycles. The van der Waals surface area contributed by atoms with Crippen LogP contribution in [0.5, 0.6) is 0 Å². The van der Waals surface area contributed by atoms with E-state index in [1.165, 1.54) is 6.92 Å². The summed E-state index contributed by atoms with van der Waals surface area (Å²) in [6.45, 7) is 5.08. The van der Waals surface area contributed by atoms with Gasteiger partial charge in [0.25, 0.3) is 0 Å². The van der Waals surface area contributed by atoms with Crippen LogP contribution in [0.25, 0.3) is 0 Å². The highest BCUT2D eigenvalue weighted by molar-refractivity contribution is 5.92. The maximum Gasteiger partial charge on any atom is 0.416 e. The Labute approximate surface area is 222 Å². The molecule has 0 amide bonds. The van der Waals surface area contributed by atoms with Crippen LogP contribution in [-0.4, -0.2) is 36.7 Å². The molecule has 0 spiro atoms. The number of allylic oxidation sites excluding steroid dienone is 2. The first-order valence-corrected chi connectivity index (χ1v) is 12.9. The Balaban J connectivity index is 1.46. The lowest BCUT2D eigenvalue weighted by Crippen LogP contribution is -2.42. The molecule has 4 nitrogen and oxygen atoms in total. The van der Waals surface area contributed by atoms with E-state index in [0.717, 1.165) is 16.8 Å². The molecule has 0 N–H and O–H groups in total. The second-order valence-electron chi connectivity index (χ2n) is 10.6. The number of carbonyl (C=O) groups is 1. The van der Waals surface area contributed by atoms with Gasteiger partial charge in [0.05, 0.1) is 23.8 Å². The molecule has 4 unspecified atom stereocenters. The number of fused-ring (bicyclic) bond motifs is 1. The Bertz CT molecular complexity index is 1240. The summed E-state index contributed by atoms with van der Waals surface area (Å²) < 4.78 is 93.1. The number of halogens is 6. The monoisotopic (exact) mass is 553 g/mol. The van der Waals surface area contributed by atoms with Gasteiger partial charge >= 0.3 is 12.4 Å². The van der Waals surface area contributed by atoms with Gasteiger partial charge in [-0.1, -0.05) is 24.3 Å². The van der Waals surface area contributed by atoms with Gasteiger partial charge in [-0.15, -0.1) is 0 Å². The third-order valence-corrected chi connectivity index (χ3v) is 8.05. The lowest BCUT2D eigenvalue weighted by atomic mass is 9.76. The van der Waals surface area contributed by atoms with Crippen LogP contribution < -0.4 is 0 Å². The van der Waals surface area contributed by atoms with Gasteiger partial charge in [0.15, 0.2) is 12.1 Å². The van der Waals surface area contributed by atoms with Crippen molar-refractivity contribution in [2.75, 3.05) is 19.7 Å². The summed E-state index contributed by atoms with van der Waals surface area (Å²) in [5.41, 5.74) is -0.0493. The Morgan fingerprint density at radius 2 is 1.64 bits per heavy atom. The van der Waals surface area contributed by atoms with Gasteiger partial charge < -0.3 is 14.4 Å². The predicted molar refractivity (Wildman–Crippen MR) is 130 cm³/mol. The molecular formula is C29H29F6NO3. The molecule has 0 bridgehead atoms. The van der Waals surface area contributed by atoms with E-state index in [4.69, 9.17) is 9.47 Å². The molecule has 0 radical (unpaired) electrons. The highest BCUT2D eigenvalue weighted by Gasteiger charge is 2.48. The standard InChI is InChI=1S/C29H29F6NO3/c1-16-5-3-4-6-24(16)26-25-14-36(22-7-8-23(37)12-22)13-19(25)15-38-27(26)39-17(2)18-9-20(28(30,31)32)11-21(10-18)29(33,34)35/h3-6,9-12,17,19,25-27H,7-8,13-15H2,1-2H3/t17?,19?,25-,26?,27?/m1/s1. The molecule has 1 aliphatic carbocycles. The normalized spacial score (nSPS) is 26.5. The van der Waals surface area contributed by atoms with Crippen molar-refractivity contribution in [1.29, 1.82) is 0 Å². The molecule has 0 aromatic heterocycles. The fraction of sp³-hybridized carbons (Fsp3) is 0.483. The van der Waals surface area contributed by atoms with Gasteiger partial charge in [0, 0.05) is 43.1 Å². The fourth-order valence-corrected chi connectivity index (χ4v) is 6.02. The van der Waals surface area contributed by atoms with Crippen molar-refractivity contribution in [3.8, 4) is 0 Å². The largest absolute Gasteiger partial charge is 0.416 e. The van der Waals surface area contributed by atoms with E-state index in [2.05, 4.69) is 4.90 Å². The number of likely N-dealkylation sites (tertiary alicyclic amines) is 1. The summed E-state index contributed by atoms with van der Waals surface area (Å²) in [6, 6.07) is 9.22. The van der Waals surface area contributed by atoms with E-state index in [9.17, 15) is 31.1 Å². The molecule has 2 aromatic rings. The summed E-state index contributed by atoms with van der Waals surface area (Å²) in [5.74, 6) is -0.0171. The van der Waals surface area contributed by atoms with E-state index in [1.807, 2.05) is 31.2 Å². The molecule has 2 aliphatic heterocycles. The van der Waals surface area contributed by atoms with Crippen molar-refractivity contribution >= 4 is 5.78 Å². The number of alkyl halides is 6. The molecule has 5 rings (SSSR count). The number of carbonyl (C=O) groups excluding carboxylic acids is 1. The Morgan fingerprint density at radius 1 is 0.974 bits per heavy atom. The van der Waals surface area contributed by atoms with Crippen LogP contribution in [0, 0.1) is 18.8 Å². The number of hydrogen-bond acceptors (Lipinski definition) is 4. The van der Waals surface area contributed by atoms with Gasteiger partial charge in [-0.05, 0) is 61.1 Å². The van der Waals surface area contributed by atoms with Crippen molar-refractivity contribution in [2.45, 2.75) is 57.4 Å². The number of hydrogen-bond donors (Lipinski definition) is 0. The van der Waals surface area contributed by atoms with Gasteiger partial charge in [-0.25, -0.2) is 0 Å². The molecule has 2 fully saturated rings. The van der Waals surface area contributed by atoms with Crippen LogP contribution in [0.4, 0.5) is 26.3 Å². The maximum atomic E-state index is 13.5. The number of benzene rings is 2. The van der Waals surface area contributed by atoms with E-state index in [1.54, 1.807) is 6.08 Å². The summed E-state index contributed by atoms with van der Waals surface area (Å²) in [7, 11) is 0. The smallest absolute Gasteiger partial charge is 0.374 e. The van der Waals surface area contributed by atoms with Crippen LogP contribution >= 0.6 is 0 Å². The van der Waals surface area contributed by atoms with Gasteiger partial charge in [0.1, 0.15) is 0 Å². The Hall–Kier alpha value is -2.85. The lowest BCUT2D eigenvalue weighted by Gasteiger charge is -2.41. The minimum atomic E-state index is -4.95. The zero-order chi connectivity index (χ0) is 28.1. The first-order chi connectivity index (χ1) is 18.3. The number of ketones is 1. The molecule has 2 saturated heterocycles. The van der Waals surface area contributed by atoms with Crippen LogP contribution in [-0.2, 0) is 26.6 Å². The summed E-state index contributed by atoms with van der Waals surface area (Å²) >= 11 is 0. The van der Waals surface area contributed by atoms with E-state index in [0.29, 0.717) is 44.7 Å². The van der Waals surface area contributed by atoms with Crippen LogP contribution in [0.3, 0.4) is 0 Å². The highest BCUT2D eigenvalue weighted by Crippen LogP contribution is 2.47. The van der Waals surface area contributed by atoms with E-state index >= 15 is 0 Å². The van der Waals surface area contributed by atoms with Crippen molar-refractivity contribution in [3.05, 3.63) is 82.1 Å². The maximum absolute atomic E-state index is 13.5. The molecule has 2 aromatic carbocycles. The van der Waals surface area contributed by atoms with Crippen LogP contribution in [0.15, 0.2) is 54.2 Å². The van der Waals surface area contributed by atoms with Crippen molar-refractivity contribution in [1.82, 2.24) is 4.90 Å². The Kier molecular flexibility index (Phi) is 7.30. The predicted octanol–water partition coefficient (Wildman–Crippen LogP) is 7.05. The Morgan fingerprint density at radius 3 is 2.23 bits per heavy atom. The third kappa shape index (κ3) is 5.72. The summed E-state index contributed by atoms with van der Waals surface area (Å²) in [6.07, 6.45) is -9.03. The first kappa shape index (κ1) is 27.7. The topological polar surface area (TPSA) is 38.8 Å². The second-order valence-corrected chi connectivity index (χ2v) is 10.6. The lowest BCUT2D eigenvalue weighted by molar-refractivity contribution is -0.217. The number of rotatable bonds is 5. The zero-order valence-electron chi connectivity index (χ0n) is 21.5.